The van der Waals surface area contributed by atoms with Crippen LogP contribution in [0.4, 0.5) is 0 Å². The average molecular weight is 375 g/mol. The molecule has 0 atom stereocenters. The normalized spacial score (nSPS) is 10.8. The summed E-state index contributed by atoms with van der Waals surface area (Å²) in [6.45, 7) is 6.49. The molecule has 0 fully saturated rings. The first kappa shape index (κ1) is 19.9. The van der Waals surface area contributed by atoms with Gasteiger partial charge in [-0.1, -0.05) is 67.8 Å². The average Bonchev–Trinajstić information content (AvgIpc) is 3.15. The maximum atomic E-state index is 13.2. The van der Waals surface area contributed by atoms with Crippen LogP contribution in [0.1, 0.15) is 53.4 Å². The van der Waals surface area contributed by atoms with Crippen molar-refractivity contribution >= 4 is 5.91 Å². The van der Waals surface area contributed by atoms with Crippen molar-refractivity contribution in [3.05, 3.63) is 95.3 Å². The molecule has 1 aromatic heterocycles. The highest BCUT2D eigenvalue weighted by Gasteiger charge is 2.17. The van der Waals surface area contributed by atoms with E-state index in [1.807, 2.05) is 42.2 Å². The van der Waals surface area contributed by atoms with Crippen LogP contribution in [0.5, 0.6) is 0 Å². The summed E-state index contributed by atoms with van der Waals surface area (Å²) < 4.78 is 2.24. The van der Waals surface area contributed by atoms with Gasteiger partial charge in [-0.05, 0) is 43.2 Å². The van der Waals surface area contributed by atoms with E-state index in [0.717, 1.165) is 37.9 Å². The molecule has 0 saturated carbocycles. The van der Waals surface area contributed by atoms with Crippen molar-refractivity contribution in [3.8, 4) is 0 Å². The molecule has 0 N–H and O–H groups in total. The Morgan fingerprint density at radius 2 is 1.68 bits per heavy atom. The van der Waals surface area contributed by atoms with E-state index in [4.69, 9.17) is 0 Å². The van der Waals surface area contributed by atoms with Crippen LogP contribution in [0.25, 0.3) is 0 Å². The van der Waals surface area contributed by atoms with E-state index >= 15 is 0 Å². The lowest BCUT2D eigenvalue weighted by Gasteiger charge is -2.24. The van der Waals surface area contributed by atoms with Crippen LogP contribution in [0.3, 0.4) is 0 Å². The summed E-state index contributed by atoms with van der Waals surface area (Å²) >= 11 is 0. The number of amides is 1. The molecule has 3 aromatic rings. The van der Waals surface area contributed by atoms with Crippen molar-refractivity contribution < 1.29 is 4.79 Å². The fourth-order valence-electron chi connectivity index (χ4n) is 3.41. The Kier molecular flexibility index (Phi) is 7.07. The molecular weight excluding hydrogens is 344 g/mol. The number of nitrogens with zero attached hydrogens (tertiary/aromatic N) is 2. The third-order valence-corrected chi connectivity index (χ3v) is 5.09. The maximum Gasteiger partial charge on any atom is 0.254 e. The predicted octanol–water partition coefficient (Wildman–Crippen LogP) is 5.68. The molecule has 3 nitrogen and oxygen atoms in total. The summed E-state index contributed by atoms with van der Waals surface area (Å²) in [6, 6.07) is 22.5. The molecule has 28 heavy (non-hydrogen) atoms. The van der Waals surface area contributed by atoms with E-state index < -0.39 is 0 Å². The molecule has 0 unspecified atom stereocenters. The third kappa shape index (κ3) is 5.35. The smallest absolute Gasteiger partial charge is 0.254 e. The summed E-state index contributed by atoms with van der Waals surface area (Å²) in [5.74, 6) is 0.114. The number of aryl methyl sites for hydroxylation is 1. The van der Waals surface area contributed by atoms with Crippen LogP contribution < -0.4 is 0 Å². The van der Waals surface area contributed by atoms with Crippen molar-refractivity contribution in [2.45, 2.75) is 46.2 Å². The highest BCUT2D eigenvalue weighted by molar-refractivity contribution is 5.94. The molecule has 0 saturated heterocycles. The Labute approximate surface area is 168 Å². The minimum Gasteiger partial charge on any atom is -0.345 e. The van der Waals surface area contributed by atoms with Crippen molar-refractivity contribution in [2.24, 2.45) is 0 Å². The van der Waals surface area contributed by atoms with Gasteiger partial charge in [0.05, 0.1) is 6.54 Å². The molecule has 0 bridgehead atoms. The first-order chi connectivity index (χ1) is 13.7. The summed E-state index contributed by atoms with van der Waals surface area (Å²) in [6.07, 6.45) is 5.43. The Hall–Kier alpha value is -2.81. The molecule has 3 rings (SSSR count). The highest BCUT2D eigenvalue weighted by atomic mass is 16.2. The van der Waals surface area contributed by atoms with Crippen molar-refractivity contribution in [3.63, 3.8) is 0 Å². The molecule has 0 spiro atoms. The maximum absolute atomic E-state index is 13.2. The van der Waals surface area contributed by atoms with Crippen LogP contribution in [0, 0.1) is 6.92 Å². The number of aromatic nitrogens is 1. The summed E-state index contributed by atoms with van der Waals surface area (Å²) in [5, 5.41) is 0. The molecule has 3 heteroatoms. The van der Waals surface area contributed by atoms with Crippen molar-refractivity contribution in [1.82, 2.24) is 9.47 Å². The Morgan fingerprint density at radius 1 is 0.929 bits per heavy atom. The minimum absolute atomic E-state index is 0.114. The van der Waals surface area contributed by atoms with Gasteiger partial charge in [0.1, 0.15) is 0 Å². The quantitative estimate of drug-likeness (QED) is 0.443. The van der Waals surface area contributed by atoms with Crippen molar-refractivity contribution in [1.29, 1.82) is 0 Å². The van der Waals surface area contributed by atoms with E-state index in [1.54, 1.807) is 0 Å². The van der Waals surface area contributed by atoms with Gasteiger partial charge in [-0.15, -0.1) is 0 Å². The van der Waals surface area contributed by atoms with E-state index in [0.29, 0.717) is 6.54 Å². The van der Waals surface area contributed by atoms with E-state index in [2.05, 4.69) is 54.1 Å². The van der Waals surface area contributed by atoms with Crippen LogP contribution in [0.15, 0.2) is 72.9 Å². The molecule has 0 radical (unpaired) electrons. The van der Waals surface area contributed by atoms with Gasteiger partial charge >= 0.3 is 0 Å². The molecule has 146 valence electrons. The van der Waals surface area contributed by atoms with Gasteiger partial charge in [0, 0.05) is 30.5 Å². The van der Waals surface area contributed by atoms with E-state index in [9.17, 15) is 4.79 Å². The Bertz CT molecular complexity index is 865. The third-order valence-electron chi connectivity index (χ3n) is 5.09. The van der Waals surface area contributed by atoms with Crippen LogP contribution >= 0.6 is 0 Å². The van der Waals surface area contributed by atoms with Gasteiger partial charge in [0.25, 0.3) is 5.91 Å². The van der Waals surface area contributed by atoms with Crippen LogP contribution in [-0.4, -0.2) is 21.9 Å². The molecule has 2 aromatic carbocycles. The van der Waals surface area contributed by atoms with Crippen LogP contribution in [0.2, 0.25) is 0 Å². The second kappa shape index (κ2) is 9.93. The Morgan fingerprint density at radius 3 is 2.39 bits per heavy atom. The van der Waals surface area contributed by atoms with Gasteiger partial charge in [0.15, 0.2) is 0 Å². The predicted molar refractivity (Wildman–Crippen MR) is 115 cm³/mol. The lowest BCUT2D eigenvalue weighted by atomic mass is 10.1. The second-order valence-electron chi connectivity index (χ2n) is 7.41. The number of rotatable bonds is 9. The fourth-order valence-corrected chi connectivity index (χ4v) is 3.41. The molecule has 0 aliphatic rings. The number of carbonyl (C=O) groups excluding carboxylic acids is 1. The summed E-state index contributed by atoms with van der Waals surface area (Å²) in [5.41, 5.74) is 4.37. The van der Waals surface area contributed by atoms with Gasteiger partial charge < -0.3 is 9.47 Å². The lowest BCUT2D eigenvalue weighted by Crippen LogP contribution is -2.32. The SMILES string of the molecule is CCCCCN(Cc1cccn1Cc1ccccc1)C(=O)c1ccc(C)cc1. The monoisotopic (exact) mass is 374 g/mol. The Balaban J connectivity index is 1.77. The number of hydrogen-bond acceptors (Lipinski definition) is 1. The molecule has 0 aliphatic heterocycles. The van der Waals surface area contributed by atoms with E-state index in [1.165, 1.54) is 16.8 Å². The number of hydrogen-bond donors (Lipinski definition) is 0. The minimum atomic E-state index is 0.114. The van der Waals surface area contributed by atoms with Gasteiger partial charge in [-0.2, -0.15) is 0 Å². The van der Waals surface area contributed by atoms with Gasteiger partial charge in [0.2, 0.25) is 0 Å². The highest BCUT2D eigenvalue weighted by Crippen LogP contribution is 2.15. The first-order valence-corrected chi connectivity index (χ1v) is 10.2. The summed E-state index contributed by atoms with van der Waals surface area (Å²) in [4.78, 5) is 15.2. The van der Waals surface area contributed by atoms with Crippen molar-refractivity contribution in [2.75, 3.05) is 6.54 Å². The topological polar surface area (TPSA) is 25.2 Å². The zero-order valence-electron chi connectivity index (χ0n) is 17.0. The number of unbranched alkanes of at least 4 members (excludes halogenated alkanes) is 2. The summed E-state index contributed by atoms with van der Waals surface area (Å²) in [7, 11) is 0. The fraction of sp³-hybridized carbons (Fsp3) is 0.320. The number of benzene rings is 2. The molecular formula is C25H30N2O. The zero-order chi connectivity index (χ0) is 19.8. The number of carbonyl (C=O) groups is 1. The zero-order valence-corrected chi connectivity index (χ0v) is 17.0. The van der Waals surface area contributed by atoms with Gasteiger partial charge in [-0.25, -0.2) is 0 Å². The van der Waals surface area contributed by atoms with Crippen LogP contribution in [-0.2, 0) is 13.1 Å². The molecule has 1 amide bonds. The molecule has 0 aliphatic carbocycles. The second-order valence-corrected chi connectivity index (χ2v) is 7.41. The molecule has 1 heterocycles. The van der Waals surface area contributed by atoms with E-state index in [-0.39, 0.29) is 5.91 Å². The first-order valence-electron chi connectivity index (χ1n) is 10.2. The standard InChI is InChI=1S/C25H30N2O/c1-3-4-8-17-27(25(28)23-15-13-21(2)14-16-23)20-24-12-9-18-26(24)19-22-10-6-5-7-11-22/h5-7,9-16,18H,3-4,8,17,19-20H2,1-2H3. The largest absolute Gasteiger partial charge is 0.345 e. The lowest BCUT2D eigenvalue weighted by molar-refractivity contribution is 0.0736. The van der Waals surface area contributed by atoms with Gasteiger partial charge in [-0.3, -0.25) is 4.79 Å².